The fourth-order valence-corrected chi connectivity index (χ4v) is 3.38. The molecule has 4 heteroatoms. The zero-order valence-corrected chi connectivity index (χ0v) is 12.4. The molecule has 3 unspecified atom stereocenters. The maximum absolute atomic E-state index is 6.33. The molecule has 0 bridgehead atoms. The highest BCUT2D eigenvalue weighted by atomic mass is 35.5. The van der Waals surface area contributed by atoms with Crippen molar-refractivity contribution >= 4 is 11.6 Å². The lowest BCUT2D eigenvalue weighted by Gasteiger charge is -2.33. The van der Waals surface area contributed by atoms with Gasteiger partial charge in [-0.05, 0) is 44.4 Å². The van der Waals surface area contributed by atoms with Gasteiger partial charge < -0.3 is 5.73 Å². The van der Waals surface area contributed by atoms with Crippen LogP contribution in [0.15, 0.2) is 0 Å². The zero-order valence-electron chi connectivity index (χ0n) is 11.6. The van der Waals surface area contributed by atoms with Gasteiger partial charge in [0.15, 0.2) is 0 Å². The molecule has 0 saturated heterocycles. The third kappa shape index (κ3) is 2.72. The molecule has 102 valence electrons. The maximum Gasteiger partial charge on any atom is 0.0847 e. The van der Waals surface area contributed by atoms with Gasteiger partial charge in [-0.3, -0.25) is 4.68 Å². The maximum atomic E-state index is 6.33. The molecule has 1 aliphatic carbocycles. The summed E-state index contributed by atoms with van der Waals surface area (Å²) in [6.45, 7) is 4.24. The van der Waals surface area contributed by atoms with Crippen LogP contribution in [0.3, 0.4) is 0 Å². The van der Waals surface area contributed by atoms with E-state index in [9.17, 15) is 0 Å². The number of aryl methyl sites for hydroxylation is 2. The van der Waals surface area contributed by atoms with E-state index < -0.39 is 0 Å². The Morgan fingerprint density at radius 1 is 1.44 bits per heavy atom. The summed E-state index contributed by atoms with van der Waals surface area (Å²) in [4.78, 5) is 0. The van der Waals surface area contributed by atoms with Crippen molar-refractivity contribution in [2.24, 2.45) is 24.6 Å². The van der Waals surface area contributed by atoms with E-state index in [-0.39, 0.29) is 0 Å². The molecular weight excluding hydrogens is 246 g/mol. The quantitative estimate of drug-likeness (QED) is 0.916. The van der Waals surface area contributed by atoms with Gasteiger partial charge in [0.25, 0.3) is 0 Å². The van der Waals surface area contributed by atoms with Crippen molar-refractivity contribution in [3.8, 4) is 0 Å². The molecule has 1 saturated carbocycles. The number of nitrogens with zero attached hydrogens (tertiary/aromatic N) is 2. The van der Waals surface area contributed by atoms with Crippen molar-refractivity contribution in [1.82, 2.24) is 9.78 Å². The molecule has 0 aromatic carbocycles. The van der Waals surface area contributed by atoms with Crippen LogP contribution in [0.4, 0.5) is 0 Å². The summed E-state index contributed by atoms with van der Waals surface area (Å²) in [7, 11) is 1.97. The van der Waals surface area contributed by atoms with Crippen LogP contribution in [-0.2, 0) is 13.5 Å². The Balaban J connectivity index is 2.11. The number of hydrogen-bond acceptors (Lipinski definition) is 2. The second-order valence-electron chi connectivity index (χ2n) is 5.69. The van der Waals surface area contributed by atoms with Gasteiger partial charge >= 0.3 is 0 Å². The molecule has 0 amide bonds. The van der Waals surface area contributed by atoms with Crippen LogP contribution < -0.4 is 5.73 Å². The molecule has 3 nitrogen and oxygen atoms in total. The number of halogens is 1. The monoisotopic (exact) mass is 269 g/mol. The molecule has 18 heavy (non-hydrogen) atoms. The summed E-state index contributed by atoms with van der Waals surface area (Å²) < 4.78 is 1.92. The first-order valence-corrected chi connectivity index (χ1v) is 7.34. The molecule has 1 fully saturated rings. The predicted octanol–water partition coefficient (Wildman–Crippen LogP) is 3.08. The van der Waals surface area contributed by atoms with Gasteiger partial charge in [0.05, 0.1) is 16.4 Å². The minimum Gasteiger partial charge on any atom is -0.327 e. The standard InChI is InChI=1S/C14H24ClN3/c1-4-10-5-6-12(16)11(7-10)8-13-14(15)9(2)17-18(13)3/h10-12H,4-8,16H2,1-3H3. The number of rotatable bonds is 3. The largest absolute Gasteiger partial charge is 0.327 e. The van der Waals surface area contributed by atoms with E-state index in [0.717, 1.165) is 35.2 Å². The SMILES string of the molecule is CCC1CCC(N)C(Cc2c(Cl)c(C)nn2C)C1. The molecule has 3 atom stereocenters. The van der Waals surface area contributed by atoms with E-state index in [4.69, 9.17) is 17.3 Å². The highest BCUT2D eigenvalue weighted by Crippen LogP contribution is 2.34. The molecule has 2 N–H and O–H groups in total. The summed E-state index contributed by atoms with van der Waals surface area (Å²) in [6.07, 6.45) is 5.90. The van der Waals surface area contributed by atoms with Gasteiger partial charge in [0.2, 0.25) is 0 Å². The van der Waals surface area contributed by atoms with E-state index in [1.165, 1.54) is 19.3 Å². The van der Waals surface area contributed by atoms with Gasteiger partial charge in [-0.1, -0.05) is 24.9 Å². The summed E-state index contributed by atoms with van der Waals surface area (Å²) in [5, 5.41) is 5.21. The van der Waals surface area contributed by atoms with Gasteiger partial charge in [0, 0.05) is 13.1 Å². The lowest BCUT2D eigenvalue weighted by Crippen LogP contribution is -2.37. The number of hydrogen-bond donors (Lipinski definition) is 1. The minimum absolute atomic E-state index is 0.319. The van der Waals surface area contributed by atoms with Crippen molar-refractivity contribution in [3.63, 3.8) is 0 Å². The van der Waals surface area contributed by atoms with Gasteiger partial charge in [-0.25, -0.2) is 0 Å². The second-order valence-corrected chi connectivity index (χ2v) is 6.06. The van der Waals surface area contributed by atoms with Crippen molar-refractivity contribution in [2.45, 2.75) is 52.0 Å². The van der Waals surface area contributed by atoms with Crippen LogP contribution in [0.25, 0.3) is 0 Å². The Bertz CT molecular complexity index is 413. The smallest absolute Gasteiger partial charge is 0.0847 e. The van der Waals surface area contributed by atoms with Crippen LogP contribution >= 0.6 is 11.6 Å². The minimum atomic E-state index is 0.319. The van der Waals surface area contributed by atoms with Crippen molar-refractivity contribution in [1.29, 1.82) is 0 Å². The number of aromatic nitrogens is 2. The summed E-state index contributed by atoms with van der Waals surface area (Å²) in [6, 6.07) is 0.319. The Kier molecular flexibility index (Phi) is 4.33. The first-order chi connectivity index (χ1) is 8.52. The van der Waals surface area contributed by atoms with Crippen LogP contribution in [0.1, 0.15) is 44.0 Å². The number of nitrogens with two attached hydrogens (primary N) is 1. The highest BCUT2D eigenvalue weighted by molar-refractivity contribution is 6.31. The van der Waals surface area contributed by atoms with Gasteiger partial charge in [-0.2, -0.15) is 5.10 Å². The first kappa shape index (κ1) is 13.9. The highest BCUT2D eigenvalue weighted by Gasteiger charge is 2.29. The summed E-state index contributed by atoms with van der Waals surface area (Å²) in [5.41, 5.74) is 8.34. The average molecular weight is 270 g/mol. The van der Waals surface area contributed by atoms with E-state index >= 15 is 0 Å². The fourth-order valence-electron chi connectivity index (χ4n) is 3.14. The normalized spacial score (nSPS) is 28.6. The molecule has 2 rings (SSSR count). The lowest BCUT2D eigenvalue weighted by atomic mass is 9.75. The van der Waals surface area contributed by atoms with Gasteiger partial charge in [-0.15, -0.1) is 0 Å². The van der Waals surface area contributed by atoms with Crippen LogP contribution in [0, 0.1) is 18.8 Å². The van der Waals surface area contributed by atoms with Crippen molar-refractivity contribution in [3.05, 3.63) is 16.4 Å². The first-order valence-electron chi connectivity index (χ1n) is 6.96. The Morgan fingerprint density at radius 2 is 2.17 bits per heavy atom. The van der Waals surface area contributed by atoms with Crippen LogP contribution in [0.5, 0.6) is 0 Å². The molecule has 0 aliphatic heterocycles. The van der Waals surface area contributed by atoms with E-state index in [1.54, 1.807) is 0 Å². The Hall–Kier alpha value is -0.540. The molecule has 1 aromatic heterocycles. The molecule has 1 aromatic rings. The van der Waals surface area contributed by atoms with Crippen LogP contribution in [-0.4, -0.2) is 15.8 Å². The Labute approximate surface area is 115 Å². The van der Waals surface area contributed by atoms with Crippen molar-refractivity contribution in [2.75, 3.05) is 0 Å². The molecule has 1 aliphatic rings. The third-order valence-corrected chi connectivity index (χ3v) is 4.94. The second kappa shape index (κ2) is 5.62. The molecule has 0 spiro atoms. The fraction of sp³-hybridized carbons (Fsp3) is 0.786. The van der Waals surface area contributed by atoms with Gasteiger partial charge in [0.1, 0.15) is 0 Å². The lowest BCUT2D eigenvalue weighted by molar-refractivity contribution is 0.224. The van der Waals surface area contributed by atoms with E-state index in [1.807, 2.05) is 18.7 Å². The van der Waals surface area contributed by atoms with Crippen LogP contribution in [0.2, 0.25) is 5.02 Å². The van der Waals surface area contributed by atoms with E-state index in [2.05, 4.69) is 12.0 Å². The summed E-state index contributed by atoms with van der Waals surface area (Å²) in [5.74, 6) is 1.39. The molecule has 0 radical (unpaired) electrons. The van der Waals surface area contributed by atoms with E-state index in [0.29, 0.717) is 12.0 Å². The predicted molar refractivity (Wildman–Crippen MR) is 75.8 cm³/mol. The molecular formula is C14H24ClN3. The zero-order chi connectivity index (χ0) is 13.3. The van der Waals surface area contributed by atoms with Crippen molar-refractivity contribution < 1.29 is 0 Å². The average Bonchev–Trinajstić information content (AvgIpc) is 2.58. The topological polar surface area (TPSA) is 43.8 Å². The third-order valence-electron chi connectivity index (χ3n) is 4.44. The summed E-state index contributed by atoms with van der Waals surface area (Å²) >= 11 is 6.33. The molecule has 1 heterocycles. The Morgan fingerprint density at radius 3 is 2.72 bits per heavy atom.